The predicted molar refractivity (Wildman–Crippen MR) is 122 cm³/mol. The molecule has 3 aromatic rings. The van der Waals surface area contributed by atoms with Crippen molar-refractivity contribution in [2.45, 2.75) is 40.2 Å². The Hall–Kier alpha value is -1.96. The summed E-state index contributed by atoms with van der Waals surface area (Å²) in [6.45, 7) is 9.55. The van der Waals surface area contributed by atoms with E-state index >= 15 is 0 Å². The number of aryl methyl sites for hydroxylation is 2. The third-order valence-electron chi connectivity index (χ3n) is 4.78. The minimum atomic E-state index is -0.126. The van der Waals surface area contributed by atoms with Crippen LogP contribution in [0.5, 0.6) is 0 Å². The number of hydrogen-bond donors (Lipinski definition) is 0. The van der Waals surface area contributed by atoms with Crippen LogP contribution in [0.1, 0.15) is 48.1 Å². The van der Waals surface area contributed by atoms with Gasteiger partial charge in [-0.15, -0.1) is 0 Å². The lowest BCUT2D eigenvalue weighted by Crippen LogP contribution is -2.33. The molecule has 0 unspecified atom stereocenters. The van der Waals surface area contributed by atoms with Gasteiger partial charge in [0, 0.05) is 18.3 Å². The summed E-state index contributed by atoms with van der Waals surface area (Å²) in [6, 6.07) is 5.89. The molecule has 0 saturated carbocycles. The zero-order valence-electron chi connectivity index (χ0n) is 17.9. The van der Waals surface area contributed by atoms with E-state index in [1.807, 2.05) is 50.8 Å². The third-order valence-corrected chi connectivity index (χ3v) is 6.32. The molecule has 29 heavy (non-hydrogen) atoms. The fourth-order valence-electron chi connectivity index (χ4n) is 3.29. The highest BCUT2D eigenvalue weighted by atomic mass is 35.5. The zero-order valence-corrected chi connectivity index (χ0v) is 19.4. The van der Waals surface area contributed by atoms with Crippen molar-refractivity contribution in [1.82, 2.24) is 19.7 Å². The molecule has 0 saturated heterocycles. The van der Waals surface area contributed by atoms with E-state index in [2.05, 4.69) is 23.8 Å². The second-order valence-electron chi connectivity index (χ2n) is 7.86. The van der Waals surface area contributed by atoms with Gasteiger partial charge in [-0.05, 0) is 72.5 Å². The van der Waals surface area contributed by atoms with Gasteiger partial charge in [0.15, 0.2) is 10.8 Å². The molecule has 0 aliphatic carbocycles. The first-order chi connectivity index (χ1) is 13.7. The average Bonchev–Trinajstić information content (AvgIpc) is 3.26. The summed E-state index contributed by atoms with van der Waals surface area (Å²) in [7, 11) is 4.06. The molecule has 1 aromatic carbocycles. The van der Waals surface area contributed by atoms with Crippen LogP contribution in [0.4, 0.5) is 5.13 Å². The lowest BCUT2D eigenvalue weighted by atomic mass is 10.2. The first-order valence-corrected chi connectivity index (χ1v) is 11.0. The minimum Gasteiger partial charge on any atom is -0.309 e. The van der Waals surface area contributed by atoms with Crippen LogP contribution in [-0.2, 0) is 0 Å². The van der Waals surface area contributed by atoms with Crippen LogP contribution in [0.3, 0.4) is 0 Å². The summed E-state index contributed by atoms with van der Waals surface area (Å²) in [4.78, 5) is 22.1. The minimum absolute atomic E-state index is 0.126. The first-order valence-electron chi connectivity index (χ1n) is 9.77. The Morgan fingerprint density at radius 2 is 1.97 bits per heavy atom. The van der Waals surface area contributed by atoms with Gasteiger partial charge in [0.1, 0.15) is 0 Å². The third kappa shape index (κ3) is 4.63. The van der Waals surface area contributed by atoms with Gasteiger partial charge in [0.2, 0.25) is 0 Å². The molecule has 6 nitrogen and oxygen atoms in total. The molecule has 0 radical (unpaired) electrons. The van der Waals surface area contributed by atoms with Gasteiger partial charge in [0.25, 0.3) is 5.91 Å². The Morgan fingerprint density at radius 1 is 1.24 bits per heavy atom. The number of anilines is 1. The van der Waals surface area contributed by atoms with Gasteiger partial charge in [0.05, 0.1) is 15.2 Å². The summed E-state index contributed by atoms with van der Waals surface area (Å²) >= 11 is 7.85. The number of halogens is 1. The number of rotatable bonds is 7. The van der Waals surface area contributed by atoms with Crippen LogP contribution in [0.25, 0.3) is 10.2 Å². The van der Waals surface area contributed by atoms with Crippen LogP contribution in [0, 0.1) is 13.8 Å². The molecule has 156 valence electrons. The maximum absolute atomic E-state index is 13.4. The lowest BCUT2D eigenvalue weighted by Gasteiger charge is -2.20. The number of fused-ring (bicyclic) bond motifs is 1. The van der Waals surface area contributed by atoms with E-state index in [0.717, 1.165) is 34.4 Å². The number of nitrogens with zero attached hydrogens (tertiary/aromatic N) is 5. The van der Waals surface area contributed by atoms with E-state index in [1.165, 1.54) is 11.3 Å². The SMILES string of the molecule is Cc1ccc(Cl)c2sc(N(CCCN(C)C)C(=O)c3cc(C)n(C(C)C)n3)nc12. The molecule has 0 atom stereocenters. The quantitative estimate of drug-likeness (QED) is 0.529. The number of carbonyl (C=O) groups excluding carboxylic acids is 1. The predicted octanol–water partition coefficient (Wildman–Crippen LogP) is 4.94. The van der Waals surface area contributed by atoms with Gasteiger partial charge in [-0.1, -0.05) is 29.0 Å². The number of benzene rings is 1. The molecule has 0 aliphatic rings. The van der Waals surface area contributed by atoms with Crippen molar-refractivity contribution in [3.63, 3.8) is 0 Å². The van der Waals surface area contributed by atoms with Crippen molar-refractivity contribution in [3.8, 4) is 0 Å². The summed E-state index contributed by atoms with van der Waals surface area (Å²) in [6.07, 6.45) is 0.839. The highest BCUT2D eigenvalue weighted by Crippen LogP contribution is 2.36. The number of thiazole rings is 1. The van der Waals surface area contributed by atoms with E-state index < -0.39 is 0 Å². The molecule has 2 aromatic heterocycles. The summed E-state index contributed by atoms with van der Waals surface area (Å²) in [5.74, 6) is -0.126. The molecule has 8 heteroatoms. The summed E-state index contributed by atoms with van der Waals surface area (Å²) in [5, 5.41) is 5.88. The average molecular weight is 434 g/mol. The zero-order chi connectivity index (χ0) is 21.3. The van der Waals surface area contributed by atoms with Crippen LogP contribution in [0.2, 0.25) is 5.02 Å². The van der Waals surface area contributed by atoms with Crippen LogP contribution in [0.15, 0.2) is 18.2 Å². The Kier molecular flexibility index (Phi) is 6.61. The van der Waals surface area contributed by atoms with Crippen LogP contribution < -0.4 is 4.90 Å². The monoisotopic (exact) mass is 433 g/mol. The van der Waals surface area contributed by atoms with Crippen molar-refractivity contribution in [1.29, 1.82) is 0 Å². The molecule has 3 rings (SSSR count). The highest BCUT2D eigenvalue weighted by Gasteiger charge is 2.25. The maximum atomic E-state index is 13.4. The van der Waals surface area contributed by atoms with E-state index in [1.54, 1.807) is 4.90 Å². The molecule has 0 aliphatic heterocycles. The lowest BCUT2D eigenvalue weighted by molar-refractivity contribution is 0.0980. The molecular weight excluding hydrogens is 406 g/mol. The van der Waals surface area contributed by atoms with E-state index in [9.17, 15) is 4.79 Å². The smallest absolute Gasteiger partial charge is 0.280 e. The first kappa shape index (κ1) is 21.7. The fourth-order valence-corrected chi connectivity index (χ4v) is 4.63. The van der Waals surface area contributed by atoms with Crippen molar-refractivity contribution in [2.24, 2.45) is 0 Å². The molecule has 0 fully saturated rings. The van der Waals surface area contributed by atoms with Gasteiger partial charge in [-0.3, -0.25) is 14.4 Å². The second-order valence-corrected chi connectivity index (χ2v) is 9.25. The number of carbonyl (C=O) groups is 1. The summed E-state index contributed by atoms with van der Waals surface area (Å²) < 4.78 is 2.79. The van der Waals surface area contributed by atoms with Crippen molar-refractivity contribution in [3.05, 3.63) is 40.2 Å². The van der Waals surface area contributed by atoms with Gasteiger partial charge in [-0.2, -0.15) is 5.10 Å². The molecular formula is C21H28ClN5OS. The van der Waals surface area contributed by atoms with Crippen LogP contribution >= 0.6 is 22.9 Å². The van der Waals surface area contributed by atoms with E-state index in [0.29, 0.717) is 22.4 Å². The second kappa shape index (κ2) is 8.81. The van der Waals surface area contributed by atoms with Gasteiger partial charge >= 0.3 is 0 Å². The molecule has 1 amide bonds. The van der Waals surface area contributed by atoms with Crippen LogP contribution in [-0.4, -0.2) is 52.8 Å². The maximum Gasteiger partial charge on any atom is 0.280 e. The molecule has 0 N–H and O–H groups in total. The van der Waals surface area contributed by atoms with Gasteiger partial charge < -0.3 is 4.90 Å². The van der Waals surface area contributed by atoms with Crippen molar-refractivity contribution >= 4 is 44.2 Å². The Bertz CT molecular complexity index is 985. The van der Waals surface area contributed by atoms with Crippen molar-refractivity contribution in [2.75, 3.05) is 32.1 Å². The number of hydrogen-bond acceptors (Lipinski definition) is 5. The Balaban J connectivity index is 2.00. The largest absolute Gasteiger partial charge is 0.309 e. The Labute approximate surface area is 181 Å². The normalized spacial score (nSPS) is 11.8. The molecule has 0 spiro atoms. The Morgan fingerprint density at radius 3 is 2.55 bits per heavy atom. The van der Waals surface area contributed by atoms with E-state index in [4.69, 9.17) is 16.6 Å². The number of aromatic nitrogens is 3. The fraction of sp³-hybridized carbons (Fsp3) is 0.476. The molecule has 0 bridgehead atoms. The van der Waals surface area contributed by atoms with Gasteiger partial charge in [-0.25, -0.2) is 4.98 Å². The number of amides is 1. The topological polar surface area (TPSA) is 54.3 Å². The van der Waals surface area contributed by atoms with Crippen molar-refractivity contribution < 1.29 is 4.79 Å². The molecule has 2 heterocycles. The summed E-state index contributed by atoms with van der Waals surface area (Å²) in [5.41, 5.74) is 3.32. The standard InChI is InChI=1S/C21H28ClN5OS/c1-13(2)27-15(4)12-17(24-27)20(28)26(11-7-10-25(5)6)21-23-18-14(3)8-9-16(22)19(18)29-21/h8-9,12-13H,7,10-11H2,1-6H3. The highest BCUT2D eigenvalue weighted by molar-refractivity contribution is 7.23. The van der Waals surface area contributed by atoms with E-state index in [-0.39, 0.29) is 11.9 Å².